The minimum atomic E-state index is 0.245. The Morgan fingerprint density at radius 3 is 2.37 bits per heavy atom. The molecule has 0 saturated carbocycles. The maximum atomic E-state index is 6.12. The van der Waals surface area contributed by atoms with Gasteiger partial charge in [0.05, 0.1) is 10.0 Å². The zero-order valence-corrected chi connectivity index (χ0v) is 13.9. The topological polar surface area (TPSA) is 0 Å². The molecule has 2 aromatic rings. The molecule has 1 atom stereocenters. The van der Waals surface area contributed by atoms with Crippen LogP contribution in [-0.4, -0.2) is 5.88 Å². The van der Waals surface area contributed by atoms with E-state index in [4.69, 9.17) is 34.8 Å². The second kappa shape index (κ2) is 6.99. The number of benzene rings is 2. The Labute approximate surface area is 136 Å². The van der Waals surface area contributed by atoms with Gasteiger partial charge in [0.2, 0.25) is 0 Å². The molecular formula is C15H12BrCl3. The summed E-state index contributed by atoms with van der Waals surface area (Å²) >= 11 is 21.7. The van der Waals surface area contributed by atoms with Gasteiger partial charge in [-0.2, -0.15) is 0 Å². The van der Waals surface area contributed by atoms with Gasteiger partial charge in [-0.05, 0) is 35.7 Å². The molecule has 4 heteroatoms. The summed E-state index contributed by atoms with van der Waals surface area (Å²) in [7, 11) is 0. The summed E-state index contributed by atoms with van der Waals surface area (Å²) in [5, 5.41) is 1.16. The fourth-order valence-corrected chi connectivity index (χ4v) is 3.21. The van der Waals surface area contributed by atoms with E-state index in [2.05, 4.69) is 22.0 Å². The summed E-state index contributed by atoms with van der Waals surface area (Å²) in [6.07, 6.45) is 0.836. The fraction of sp³-hybridized carbons (Fsp3) is 0.200. The number of alkyl halides is 1. The minimum absolute atomic E-state index is 0.245. The van der Waals surface area contributed by atoms with Gasteiger partial charge in [-0.15, -0.1) is 11.6 Å². The number of hydrogen-bond acceptors (Lipinski definition) is 0. The van der Waals surface area contributed by atoms with E-state index in [-0.39, 0.29) is 5.92 Å². The van der Waals surface area contributed by atoms with E-state index in [1.54, 1.807) is 0 Å². The zero-order chi connectivity index (χ0) is 13.8. The Morgan fingerprint density at radius 1 is 1.00 bits per heavy atom. The van der Waals surface area contributed by atoms with Crippen LogP contribution >= 0.6 is 50.7 Å². The van der Waals surface area contributed by atoms with Crippen molar-refractivity contribution in [2.24, 2.45) is 0 Å². The van der Waals surface area contributed by atoms with Crippen LogP contribution in [0.4, 0.5) is 0 Å². The average Bonchev–Trinajstić information content (AvgIpc) is 2.41. The van der Waals surface area contributed by atoms with Crippen LogP contribution in [0, 0.1) is 0 Å². The highest BCUT2D eigenvalue weighted by Crippen LogP contribution is 2.30. The first-order chi connectivity index (χ1) is 9.11. The summed E-state index contributed by atoms with van der Waals surface area (Å²) in [6.45, 7) is 0. The molecule has 0 saturated heterocycles. The SMILES string of the molecule is ClCC(Cc1ccc(Cl)c(Cl)c1)c1ccccc1Br. The quantitative estimate of drug-likeness (QED) is 0.546. The molecule has 2 aromatic carbocycles. The lowest BCUT2D eigenvalue weighted by Crippen LogP contribution is -2.05. The van der Waals surface area contributed by atoms with E-state index in [9.17, 15) is 0 Å². The maximum absolute atomic E-state index is 6.12. The third-order valence-electron chi connectivity index (χ3n) is 3.00. The highest BCUT2D eigenvalue weighted by molar-refractivity contribution is 9.10. The molecule has 0 N–H and O–H groups in total. The number of rotatable bonds is 4. The highest BCUT2D eigenvalue weighted by atomic mass is 79.9. The van der Waals surface area contributed by atoms with Crippen LogP contribution in [-0.2, 0) is 6.42 Å². The largest absolute Gasteiger partial charge is 0.126 e. The molecule has 100 valence electrons. The smallest absolute Gasteiger partial charge is 0.0595 e. The first-order valence-corrected chi connectivity index (χ1v) is 7.94. The normalized spacial score (nSPS) is 12.4. The molecule has 0 fully saturated rings. The lowest BCUT2D eigenvalue weighted by atomic mass is 9.93. The molecule has 0 amide bonds. The van der Waals surface area contributed by atoms with Crippen LogP contribution in [0.15, 0.2) is 46.9 Å². The Morgan fingerprint density at radius 2 is 1.74 bits per heavy atom. The molecule has 0 aliphatic carbocycles. The minimum Gasteiger partial charge on any atom is -0.126 e. The van der Waals surface area contributed by atoms with Gasteiger partial charge in [0.1, 0.15) is 0 Å². The lowest BCUT2D eigenvalue weighted by molar-refractivity contribution is 0.762. The summed E-state index contributed by atoms with van der Waals surface area (Å²) in [6, 6.07) is 13.9. The van der Waals surface area contributed by atoms with Crippen molar-refractivity contribution in [2.75, 3.05) is 5.88 Å². The van der Waals surface area contributed by atoms with Crippen molar-refractivity contribution < 1.29 is 0 Å². The molecule has 0 bridgehead atoms. The van der Waals surface area contributed by atoms with Gasteiger partial charge in [0.15, 0.2) is 0 Å². The molecular weight excluding hydrogens is 366 g/mol. The van der Waals surface area contributed by atoms with Crippen molar-refractivity contribution in [1.82, 2.24) is 0 Å². The molecule has 1 unspecified atom stereocenters. The fourth-order valence-electron chi connectivity index (χ4n) is 2.00. The Hall–Kier alpha value is -0.210. The average molecular weight is 379 g/mol. The summed E-state index contributed by atoms with van der Waals surface area (Å²) in [5.74, 6) is 0.803. The van der Waals surface area contributed by atoms with E-state index in [0.29, 0.717) is 15.9 Å². The summed E-state index contributed by atoms with van der Waals surface area (Å²) in [4.78, 5) is 0. The molecule has 0 spiro atoms. The van der Waals surface area contributed by atoms with Crippen LogP contribution in [0.5, 0.6) is 0 Å². The molecule has 0 aliphatic rings. The molecule has 0 heterocycles. The zero-order valence-electron chi connectivity index (χ0n) is 10.0. The number of halogens is 4. The van der Waals surface area contributed by atoms with E-state index in [0.717, 1.165) is 16.5 Å². The highest BCUT2D eigenvalue weighted by Gasteiger charge is 2.14. The first-order valence-electron chi connectivity index (χ1n) is 5.86. The Bertz CT molecular complexity index is 569. The standard InChI is InChI=1S/C15H12BrCl3/c16-13-4-2-1-3-12(13)11(9-17)7-10-5-6-14(18)15(19)8-10/h1-6,8,11H,7,9H2. The summed E-state index contributed by atoms with van der Waals surface area (Å²) in [5.41, 5.74) is 2.35. The van der Waals surface area contributed by atoms with Crippen LogP contribution in [0.2, 0.25) is 10.0 Å². The van der Waals surface area contributed by atoms with E-state index in [1.165, 1.54) is 5.56 Å². The maximum Gasteiger partial charge on any atom is 0.0595 e. The molecule has 0 nitrogen and oxygen atoms in total. The second-order valence-electron chi connectivity index (χ2n) is 4.33. The van der Waals surface area contributed by atoms with Crippen molar-refractivity contribution in [1.29, 1.82) is 0 Å². The van der Waals surface area contributed by atoms with E-state index in [1.807, 2.05) is 36.4 Å². The van der Waals surface area contributed by atoms with E-state index < -0.39 is 0 Å². The van der Waals surface area contributed by atoms with Crippen LogP contribution in [0.1, 0.15) is 17.0 Å². The monoisotopic (exact) mass is 376 g/mol. The van der Waals surface area contributed by atoms with Gasteiger partial charge < -0.3 is 0 Å². The molecule has 0 aliphatic heterocycles. The van der Waals surface area contributed by atoms with Gasteiger partial charge in [-0.3, -0.25) is 0 Å². The molecule has 0 radical (unpaired) electrons. The third-order valence-corrected chi connectivity index (χ3v) is 4.83. The predicted octanol–water partition coefficient (Wildman–Crippen LogP) is 6.32. The molecule has 0 aromatic heterocycles. The van der Waals surface area contributed by atoms with Crippen molar-refractivity contribution in [2.45, 2.75) is 12.3 Å². The molecule has 2 rings (SSSR count). The first kappa shape index (κ1) is 15.2. The second-order valence-corrected chi connectivity index (χ2v) is 6.30. The summed E-state index contributed by atoms with van der Waals surface area (Å²) < 4.78 is 1.08. The van der Waals surface area contributed by atoms with Gasteiger partial charge in [-0.25, -0.2) is 0 Å². The van der Waals surface area contributed by atoms with Crippen molar-refractivity contribution in [3.63, 3.8) is 0 Å². The van der Waals surface area contributed by atoms with Crippen LogP contribution < -0.4 is 0 Å². The lowest BCUT2D eigenvalue weighted by Gasteiger charge is -2.16. The van der Waals surface area contributed by atoms with Crippen LogP contribution in [0.25, 0.3) is 0 Å². The third kappa shape index (κ3) is 3.88. The van der Waals surface area contributed by atoms with Gasteiger partial charge in [0.25, 0.3) is 0 Å². The predicted molar refractivity (Wildman–Crippen MR) is 87.8 cm³/mol. The Balaban J connectivity index is 2.24. The van der Waals surface area contributed by atoms with Gasteiger partial charge in [-0.1, -0.05) is 63.4 Å². The van der Waals surface area contributed by atoms with Crippen molar-refractivity contribution in [3.8, 4) is 0 Å². The number of hydrogen-bond donors (Lipinski definition) is 0. The van der Waals surface area contributed by atoms with Crippen LogP contribution in [0.3, 0.4) is 0 Å². The molecule has 19 heavy (non-hydrogen) atoms. The van der Waals surface area contributed by atoms with Crippen molar-refractivity contribution in [3.05, 3.63) is 68.1 Å². The van der Waals surface area contributed by atoms with Gasteiger partial charge >= 0.3 is 0 Å². The van der Waals surface area contributed by atoms with Crippen molar-refractivity contribution >= 4 is 50.7 Å². The van der Waals surface area contributed by atoms with E-state index >= 15 is 0 Å². The Kier molecular flexibility index (Phi) is 5.58. The van der Waals surface area contributed by atoms with Gasteiger partial charge in [0, 0.05) is 16.3 Å².